The molecular formula is C20H18N5NaO8S. The smallest absolute Gasteiger partial charge is 0.544 e. The molecule has 0 bridgehead atoms. The van der Waals surface area contributed by atoms with Gasteiger partial charge in [-0.05, 0) is 5.56 Å². The second-order valence-corrected chi connectivity index (χ2v) is 8.20. The summed E-state index contributed by atoms with van der Waals surface area (Å²) in [6.45, 7) is -0.424. The van der Waals surface area contributed by atoms with Gasteiger partial charge in [-0.2, -0.15) is 5.06 Å². The molecule has 35 heavy (non-hydrogen) atoms. The topological polar surface area (TPSA) is 186 Å². The number of hydroxylamine groups is 2. The number of carbonyl (C=O) groups excluding carboxylic acids is 4. The molecule has 0 saturated carbocycles. The number of esters is 1. The normalized spacial score (nSPS) is 24.0. The van der Waals surface area contributed by atoms with Crippen molar-refractivity contribution in [2.75, 3.05) is 19.5 Å². The van der Waals surface area contributed by atoms with Crippen molar-refractivity contribution in [3.63, 3.8) is 0 Å². The number of nitrogen functional groups attached to an aromatic ring is 1. The number of rotatable bonds is 7. The van der Waals surface area contributed by atoms with Crippen molar-refractivity contribution >= 4 is 45.9 Å². The number of aromatic nitrogens is 1. The van der Waals surface area contributed by atoms with Gasteiger partial charge >= 0.3 is 35.5 Å². The Morgan fingerprint density at radius 3 is 2.66 bits per heavy atom. The molecule has 13 nitrogen and oxygen atoms in total. The summed E-state index contributed by atoms with van der Waals surface area (Å²) in [5, 5.41) is 20.2. The number of carboxylic acid groups (broad SMARTS) is 1. The van der Waals surface area contributed by atoms with E-state index in [0.717, 1.165) is 11.3 Å². The monoisotopic (exact) mass is 511 g/mol. The number of amides is 2. The van der Waals surface area contributed by atoms with Gasteiger partial charge in [-0.15, -0.1) is 11.3 Å². The zero-order valence-electron chi connectivity index (χ0n) is 18.6. The minimum absolute atomic E-state index is 0. The van der Waals surface area contributed by atoms with Crippen LogP contribution in [0.2, 0.25) is 0 Å². The first-order valence-corrected chi connectivity index (χ1v) is 10.7. The van der Waals surface area contributed by atoms with Gasteiger partial charge in [0.25, 0.3) is 17.5 Å². The Labute approximate surface area is 224 Å². The molecule has 2 aliphatic rings. The van der Waals surface area contributed by atoms with Gasteiger partial charge in [0.1, 0.15) is 31.4 Å². The van der Waals surface area contributed by atoms with Crippen molar-refractivity contribution in [3.05, 3.63) is 47.0 Å². The van der Waals surface area contributed by atoms with E-state index in [1.54, 1.807) is 30.3 Å². The summed E-state index contributed by atoms with van der Waals surface area (Å²) in [4.78, 5) is 64.3. The molecule has 2 amide bonds. The molecule has 15 heteroatoms. The van der Waals surface area contributed by atoms with Crippen LogP contribution < -0.4 is 45.7 Å². The SMILES string of the molecule is CON=C(C(=O)N[C@H]1CON(C2(C(=O)[O-])CC(c3ccccc3)C(=O)O2)C1=O)c1csc(N)n1.[Na+]. The number of ether oxygens (including phenoxy) is 1. The fourth-order valence-corrected chi connectivity index (χ4v) is 4.19. The maximum Gasteiger partial charge on any atom is 1.00 e. The molecule has 178 valence electrons. The summed E-state index contributed by atoms with van der Waals surface area (Å²) in [5.74, 6) is -5.44. The molecule has 2 aromatic rings. The number of carbonyl (C=O) groups is 4. The number of cyclic esters (lactones) is 1. The summed E-state index contributed by atoms with van der Waals surface area (Å²) in [7, 11) is 1.22. The molecule has 3 N–H and O–H groups in total. The van der Waals surface area contributed by atoms with Crippen molar-refractivity contribution in [3.8, 4) is 0 Å². The van der Waals surface area contributed by atoms with E-state index >= 15 is 0 Å². The quantitative estimate of drug-likeness (QED) is 0.159. The Hall–Kier alpha value is -3.04. The van der Waals surface area contributed by atoms with Gasteiger partial charge in [-0.3, -0.25) is 19.2 Å². The Kier molecular flexibility index (Phi) is 8.12. The summed E-state index contributed by atoms with van der Waals surface area (Å²) >= 11 is 1.07. The summed E-state index contributed by atoms with van der Waals surface area (Å²) < 4.78 is 5.14. The second kappa shape index (κ2) is 10.7. The van der Waals surface area contributed by atoms with E-state index in [-0.39, 0.29) is 46.1 Å². The van der Waals surface area contributed by atoms with Crippen LogP contribution in [-0.2, 0) is 33.6 Å². The van der Waals surface area contributed by atoms with E-state index in [1.807, 2.05) is 0 Å². The first kappa shape index (κ1) is 26.6. The number of hydrogen-bond acceptors (Lipinski definition) is 12. The van der Waals surface area contributed by atoms with Gasteiger partial charge in [-0.25, -0.2) is 4.98 Å². The number of hydrogen-bond donors (Lipinski definition) is 2. The third kappa shape index (κ3) is 5.01. The van der Waals surface area contributed by atoms with Crippen molar-refractivity contribution < 1.29 is 68.3 Å². The molecule has 0 radical (unpaired) electrons. The van der Waals surface area contributed by atoms with Gasteiger partial charge in [-0.1, -0.05) is 35.5 Å². The number of nitrogens with zero attached hydrogens (tertiary/aromatic N) is 3. The van der Waals surface area contributed by atoms with Crippen LogP contribution >= 0.6 is 11.3 Å². The van der Waals surface area contributed by atoms with Gasteiger partial charge < -0.3 is 30.5 Å². The predicted octanol–water partition coefficient (Wildman–Crippen LogP) is -4.48. The van der Waals surface area contributed by atoms with Crippen LogP contribution in [0.3, 0.4) is 0 Å². The van der Waals surface area contributed by atoms with E-state index in [0.29, 0.717) is 10.6 Å². The molecular weight excluding hydrogens is 493 g/mol. The van der Waals surface area contributed by atoms with E-state index in [9.17, 15) is 24.3 Å². The van der Waals surface area contributed by atoms with Crippen LogP contribution in [-0.4, -0.2) is 65.0 Å². The fourth-order valence-electron chi connectivity index (χ4n) is 3.64. The first-order chi connectivity index (χ1) is 16.3. The molecule has 2 saturated heterocycles. The third-order valence-corrected chi connectivity index (χ3v) is 5.89. The molecule has 2 fully saturated rings. The Morgan fingerprint density at radius 2 is 2.06 bits per heavy atom. The molecule has 3 heterocycles. The zero-order valence-corrected chi connectivity index (χ0v) is 21.4. The van der Waals surface area contributed by atoms with Gasteiger partial charge in [0, 0.05) is 11.8 Å². The number of nitrogens with one attached hydrogen (secondary N) is 1. The standard InChI is InChI=1S/C20H19N5O8S.Na/c1-31-24-14(13-9-34-19(21)23-13)15(26)22-12-8-32-25(16(12)27)20(18(29)30)7-11(17(28)33-20)10-5-3-2-4-6-10;/h2-6,9,11-12H,7-8H2,1H3,(H2,21,23)(H,22,26)(H,29,30);/q;+1/p-1/t11?,12-,20?;/m0./s1. The largest absolute Gasteiger partial charge is 1.00 e. The Morgan fingerprint density at radius 1 is 1.34 bits per heavy atom. The van der Waals surface area contributed by atoms with Gasteiger partial charge in [0.2, 0.25) is 0 Å². The van der Waals surface area contributed by atoms with Crippen LogP contribution in [0, 0.1) is 0 Å². The number of oxime groups is 1. The van der Waals surface area contributed by atoms with Crippen LogP contribution in [0.5, 0.6) is 0 Å². The molecule has 0 aliphatic carbocycles. The van der Waals surface area contributed by atoms with Gasteiger partial charge in [0.05, 0.1) is 5.92 Å². The van der Waals surface area contributed by atoms with Gasteiger partial charge in [0.15, 0.2) is 10.8 Å². The van der Waals surface area contributed by atoms with Crippen molar-refractivity contribution in [2.45, 2.75) is 24.1 Å². The van der Waals surface area contributed by atoms with Crippen molar-refractivity contribution in [1.29, 1.82) is 0 Å². The summed E-state index contributed by atoms with van der Waals surface area (Å²) in [6.07, 6.45) is -0.431. The van der Waals surface area contributed by atoms with E-state index < -0.39 is 54.5 Å². The van der Waals surface area contributed by atoms with E-state index in [4.69, 9.17) is 15.3 Å². The average molecular weight is 511 g/mol. The average Bonchev–Trinajstić information content (AvgIpc) is 3.50. The predicted molar refractivity (Wildman–Crippen MR) is 112 cm³/mol. The number of benzene rings is 1. The molecule has 1 aromatic heterocycles. The molecule has 0 spiro atoms. The van der Waals surface area contributed by atoms with Crippen LogP contribution in [0.15, 0.2) is 40.9 Å². The molecule has 3 atom stereocenters. The zero-order chi connectivity index (χ0) is 24.5. The minimum atomic E-state index is -2.50. The Bertz CT molecular complexity index is 1180. The maximum absolute atomic E-state index is 13.0. The summed E-state index contributed by atoms with van der Waals surface area (Å²) in [6, 6.07) is 7.05. The second-order valence-electron chi connectivity index (χ2n) is 7.31. The molecule has 4 rings (SSSR count). The van der Waals surface area contributed by atoms with E-state index in [2.05, 4.69) is 20.3 Å². The van der Waals surface area contributed by atoms with Crippen LogP contribution in [0.4, 0.5) is 5.13 Å². The first-order valence-electron chi connectivity index (χ1n) is 9.86. The van der Waals surface area contributed by atoms with Crippen molar-refractivity contribution in [2.24, 2.45) is 5.16 Å². The number of thiazole rings is 1. The molecule has 2 unspecified atom stereocenters. The maximum atomic E-state index is 13.0. The fraction of sp³-hybridized carbons (Fsp3) is 0.300. The van der Waals surface area contributed by atoms with E-state index in [1.165, 1.54) is 12.5 Å². The molecule has 1 aromatic carbocycles. The number of aliphatic carboxylic acids is 1. The summed E-state index contributed by atoms with van der Waals surface area (Å²) in [5.41, 5.74) is 3.46. The minimum Gasteiger partial charge on any atom is -0.544 e. The third-order valence-electron chi connectivity index (χ3n) is 5.22. The molecule has 2 aliphatic heterocycles. The van der Waals surface area contributed by atoms with Crippen LogP contribution in [0.25, 0.3) is 0 Å². The number of nitrogens with two attached hydrogens (primary N) is 1. The number of carboxylic acids is 1. The number of anilines is 1. The van der Waals surface area contributed by atoms with Crippen molar-refractivity contribution in [1.82, 2.24) is 15.4 Å². The van der Waals surface area contributed by atoms with Crippen LogP contribution in [0.1, 0.15) is 23.6 Å². The Balaban J connectivity index is 0.00000342.